The number of carboxylic acids is 1. The lowest BCUT2D eigenvalue weighted by Crippen LogP contribution is -2.47. The van der Waals surface area contributed by atoms with E-state index in [1.807, 2.05) is 11.8 Å². The van der Waals surface area contributed by atoms with E-state index in [9.17, 15) is 9.59 Å². The highest BCUT2D eigenvalue weighted by Crippen LogP contribution is 2.06. The number of carboxylic acid groups (broad SMARTS) is 1. The number of carbonyl (C=O) groups excluding carboxylic acids is 1. The maximum absolute atomic E-state index is 12.0. The van der Waals surface area contributed by atoms with Crippen molar-refractivity contribution in [2.24, 2.45) is 5.92 Å². The highest BCUT2D eigenvalue weighted by Gasteiger charge is 2.23. The first-order valence-corrected chi connectivity index (χ1v) is 6.72. The molecule has 0 saturated carbocycles. The summed E-state index contributed by atoms with van der Waals surface area (Å²) in [6.45, 7) is 6.62. The van der Waals surface area contributed by atoms with Gasteiger partial charge in [0.05, 0.1) is 24.8 Å². The minimum absolute atomic E-state index is 0.138. The summed E-state index contributed by atoms with van der Waals surface area (Å²) >= 11 is 0. The number of nitrogens with zero attached hydrogens (tertiary/aromatic N) is 1. The molecule has 1 aromatic heterocycles. The zero-order chi connectivity index (χ0) is 15.1. The highest BCUT2D eigenvalue weighted by molar-refractivity contribution is 5.81. The van der Waals surface area contributed by atoms with Gasteiger partial charge in [0.15, 0.2) is 0 Å². The summed E-state index contributed by atoms with van der Waals surface area (Å²) in [6.07, 6.45) is 1.55. The largest absolute Gasteiger partial charge is 0.481 e. The van der Waals surface area contributed by atoms with E-state index >= 15 is 0 Å². The van der Waals surface area contributed by atoms with Gasteiger partial charge in [0.2, 0.25) is 5.91 Å². The number of hydrogen-bond acceptors (Lipinski definition) is 4. The lowest BCUT2D eigenvalue weighted by molar-refractivity contribution is -0.142. The standard InChI is InChI=1S/C14H22N2O4/c1-4-16(9-10(2)14(18)19)11(3)13(17)15-8-12-6-5-7-20-12/h5-7,10-11H,4,8-9H2,1-3H3,(H,15,17)(H,18,19). The number of likely N-dealkylation sites (N-methyl/N-ethyl adjacent to an activating group) is 1. The molecule has 2 atom stereocenters. The summed E-state index contributed by atoms with van der Waals surface area (Å²) < 4.78 is 5.14. The molecule has 0 saturated heterocycles. The van der Waals surface area contributed by atoms with Gasteiger partial charge in [-0.2, -0.15) is 0 Å². The molecule has 0 aromatic carbocycles. The molecule has 0 aliphatic rings. The Morgan fingerprint density at radius 1 is 1.45 bits per heavy atom. The van der Waals surface area contributed by atoms with Gasteiger partial charge in [-0.3, -0.25) is 14.5 Å². The fraction of sp³-hybridized carbons (Fsp3) is 0.571. The summed E-state index contributed by atoms with van der Waals surface area (Å²) in [5.74, 6) is -0.810. The third-order valence-electron chi connectivity index (χ3n) is 3.28. The van der Waals surface area contributed by atoms with Crippen molar-refractivity contribution in [1.29, 1.82) is 0 Å². The van der Waals surface area contributed by atoms with Crippen molar-refractivity contribution in [1.82, 2.24) is 10.2 Å². The van der Waals surface area contributed by atoms with Gasteiger partial charge in [-0.05, 0) is 25.6 Å². The molecule has 6 heteroatoms. The second-order valence-corrected chi connectivity index (χ2v) is 4.80. The molecule has 0 aliphatic heterocycles. The number of nitrogens with one attached hydrogen (secondary N) is 1. The van der Waals surface area contributed by atoms with E-state index in [1.54, 1.807) is 32.2 Å². The SMILES string of the molecule is CCN(CC(C)C(=O)O)C(C)C(=O)NCc1ccco1. The van der Waals surface area contributed by atoms with Crippen molar-refractivity contribution in [3.8, 4) is 0 Å². The molecule has 1 heterocycles. The van der Waals surface area contributed by atoms with Crippen LogP contribution in [-0.4, -0.2) is 41.0 Å². The Balaban J connectivity index is 2.49. The van der Waals surface area contributed by atoms with Crippen molar-refractivity contribution in [3.63, 3.8) is 0 Å². The second-order valence-electron chi connectivity index (χ2n) is 4.80. The molecule has 1 aromatic rings. The Labute approximate surface area is 118 Å². The number of aliphatic carboxylic acids is 1. The monoisotopic (exact) mass is 282 g/mol. The minimum atomic E-state index is -0.855. The van der Waals surface area contributed by atoms with Crippen LogP contribution >= 0.6 is 0 Å². The number of carbonyl (C=O) groups is 2. The van der Waals surface area contributed by atoms with Gasteiger partial charge in [-0.1, -0.05) is 13.8 Å². The summed E-state index contributed by atoms with van der Waals surface area (Å²) in [5, 5.41) is 11.7. The van der Waals surface area contributed by atoms with Crippen molar-refractivity contribution < 1.29 is 19.1 Å². The molecule has 112 valence electrons. The molecular weight excluding hydrogens is 260 g/mol. The van der Waals surface area contributed by atoms with Crippen LogP contribution in [0.3, 0.4) is 0 Å². The Morgan fingerprint density at radius 3 is 2.65 bits per heavy atom. The second kappa shape index (κ2) is 7.69. The average molecular weight is 282 g/mol. The molecule has 20 heavy (non-hydrogen) atoms. The Kier molecular flexibility index (Phi) is 6.24. The van der Waals surface area contributed by atoms with Crippen LogP contribution in [0.4, 0.5) is 0 Å². The van der Waals surface area contributed by atoms with Crippen molar-refractivity contribution in [3.05, 3.63) is 24.2 Å². The predicted octanol–water partition coefficient (Wildman–Crippen LogP) is 1.33. The van der Waals surface area contributed by atoms with Gasteiger partial charge in [0, 0.05) is 6.54 Å². The molecule has 0 radical (unpaired) electrons. The topological polar surface area (TPSA) is 82.8 Å². The van der Waals surface area contributed by atoms with Gasteiger partial charge in [0.25, 0.3) is 0 Å². The molecule has 0 fully saturated rings. The molecule has 0 aliphatic carbocycles. The van der Waals surface area contributed by atoms with E-state index in [-0.39, 0.29) is 11.9 Å². The minimum Gasteiger partial charge on any atom is -0.481 e. The van der Waals surface area contributed by atoms with Crippen LogP contribution in [0.15, 0.2) is 22.8 Å². The number of rotatable bonds is 8. The van der Waals surface area contributed by atoms with Crippen LogP contribution in [0.2, 0.25) is 0 Å². The third-order valence-corrected chi connectivity index (χ3v) is 3.28. The zero-order valence-corrected chi connectivity index (χ0v) is 12.1. The van der Waals surface area contributed by atoms with E-state index in [1.165, 1.54) is 0 Å². The summed E-state index contributed by atoms with van der Waals surface area (Å²) in [4.78, 5) is 24.8. The molecule has 2 unspecified atom stereocenters. The van der Waals surface area contributed by atoms with Crippen LogP contribution in [0.1, 0.15) is 26.5 Å². The van der Waals surface area contributed by atoms with Crippen LogP contribution in [0.5, 0.6) is 0 Å². The molecular formula is C14H22N2O4. The first-order valence-electron chi connectivity index (χ1n) is 6.72. The van der Waals surface area contributed by atoms with Crippen molar-refractivity contribution in [2.75, 3.05) is 13.1 Å². The highest BCUT2D eigenvalue weighted by atomic mass is 16.4. The van der Waals surface area contributed by atoms with Crippen LogP contribution in [-0.2, 0) is 16.1 Å². The van der Waals surface area contributed by atoms with Gasteiger partial charge >= 0.3 is 5.97 Å². The molecule has 0 spiro atoms. The van der Waals surface area contributed by atoms with E-state index in [2.05, 4.69) is 5.32 Å². The number of amides is 1. The number of hydrogen-bond donors (Lipinski definition) is 2. The van der Waals surface area contributed by atoms with Gasteiger partial charge < -0.3 is 14.8 Å². The summed E-state index contributed by atoms with van der Waals surface area (Å²) in [5.41, 5.74) is 0. The fourth-order valence-corrected chi connectivity index (χ4v) is 1.89. The van der Waals surface area contributed by atoms with E-state index in [0.717, 1.165) is 0 Å². The Bertz CT molecular complexity index is 430. The van der Waals surface area contributed by atoms with E-state index in [0.29, 0.717) is 25.4 Å². The molecule has 2 N–H and O–H groups in total. The molecule has 0 bridgehead atoms. The van der Waals surface area contributed by atoms with Gasteiger partial charge in [-0.15, -0.1) is 0 Å². The summed E-state index contributed by atoms with van der Waals surface area (Å²) in [7, 11) is 0. The summed E-state index contributed by atoms with van der Waals surface area (Å²) in [6, 6.07) is 3.17. The van der Waals surface area contributed by atoms with Crippen LogP contribution in [0.25, 0.3) is 0 Å². The van der Waals surface area contributed by atoms with E-state index < -0.39 is 11.9 Å². The zero-order valence-electron chi connectivity index (χ0n) is 12.1. The average Bonchev–Trinajstić information content (AvgIpc) is 2.94. The maximum atomic E-state index is 12.0. The first-order chi connectivity index (χ1) is 9.45. The quantitative estimate of drug-likeness (QED) is 0.751. The van der Waals surface area contributed by atoms with Crippen molar-refractivity contribution in [2.45, 2.75) is 33.4 Å². The van der Waals surface area contributed by atoms with Crippen LogP contribution < -0.4 is 5.32 Å². The van der Waals surface area contributed by atoms with E-state index in [4.69, 9.17) is 9.52 Å². The maximum Gasteiger partial charge on any atom is 0.307 e. The lowest BCUT2D eigenvalue weighted by Gasteiger charge is -2.28. The van der Waals surface area contributed by atoms with Crippen LogP contribution in [0, 0.1) is 5.92 Å². The third kappa shape index (κ3) is 4.70. The van der Waals surface area contributed by atoms with Crippen molar-refractivity contribution >= 4 is 11.9 Å². The molecule has 6 nitrogen and oxygen atoms in total. The van der Waals surface area contributed by atoms with Gasteiger partial charge in [0.1, 0.15) is 5.76 Å². The first kappa shape index (κ1) is 16.2. The smallest absolute Gasteiger partial charge is 0.307 e. The molecule has 1 amide bonds. The predicted molar refractivity (Wildman–Crippen MR) is 74.1 cm³/mol. The Morgan fingerprint density at radius 2 is 2.15 bits per heavy atom. The molecule has 1 rings (SSSR count). The van der Waals surface area contributed by atoms with Gasteiger partial charge in [-0.25, -0.2) is 0 Å². The Hall–Kier alpha value is -1.82. The fourth-order valence-electron chi connectivity index (χ4n) is 1.89. The number of furan rings is 1. The lowest BCUT2D eigenvalue weighted by atomic mass is 10.1. The normalized spacial score (nSPS) is 14.0.